The molecular weight excluding hydrogens is 323 g/mol. The SMILES string of the molecule is CCc1ccc(NC(=O)N2CCCC(Cc3noc(C)n3)C2)cc1F. The van der Waals surface area contributed by atoms with Gasteiger partial charge in [-0.1, -0.05) is 18.1 Å². The second-order valence-electron chi connectivity index (χ2n) is 6.48. The van der Waals surface area contributed by atoms with E-state index in [1.807, 2.05) is 6.92 Å². The molecule has 3 rings (SSSR count). The van der Waals surface area contributed by atoms with Gasteiger partial charge < -0.3 is 14.7 Å². The number of halogens is 1. The van der Waals surface area contributed by atoms with Gasteiger partial charge in [0.1, 0.15) is 5.82 Å². The molecule has 1 aromatic heterocycles. The molecule has 6 nitrogen and oxygen atoms in total. The van der Waals surface area contributed by atoms with Crippen molar-refractivity contribution in [3.05, 3.63) is 41.3 Å². The number of benzene rings is 1. The number of nitrogens with zero attached hydrogens (tertiary/aromatic N) is 3. The number of nitrogens with one attached hydrogen (secondary N) is 1. The fourth-order valence-electron chi connectivity index (χ4n) is 3.21. The predicted octanol–water partition coefficient (Wildman–Crippen LogP) is 3.57. The third kappa shape index (κ3) is 4.35. The number of aryl methyl sites for hydroxylation is 2. The number of piperidine rings is 1. The van der Waals surface area contributed by atoms with E-state index in [1.54, 1.807) is 24.0 Å². The summed E-state index contributed by atoms with van der Waals surface area (Å²) in [5, 5.41) is 6.72. The van der Waals surface area contributed by atoms with Crippen LogP contribution in [0.25, 0.3) is 0 Å². The summed E-state index contributed by atoms with van der Waals surface area (Å²) in [6, 6.07) is 4.63. The van der Waals surface area contributed by atoms with Gasteiger partial charge in [-0.15, -0.1) is 0 Å². The zero-order valence-corrected chi connectivity index (χ0v) is 14.6. The molecule has 1 unspecified atom stereocenters. The van der Waals surface area contributed by atoms with Gasteiger partial charge in [0.25, 0.3) is 0 Å². The average molecular weight is 346 g/mol. The summed E-state index contributed by atoms with van der Waals surface area (Å²) in [7, 11) is 0. The smallest absolute Gasteiger partial charge is 0.321 e. The van der Waals surface area contributed by atoms with E-state index in [4.69, 9.17) is 4.52 Å². The van der Waals surface area contributed by atoms with Crippen LogP contribution < -0.4 is 5.32 Å². The van der Waals surface area contributed by atoms with Gasteiger partial charge >= 0.3 is 6.03 Å². The molecular formula is C18H23FN4O2. The molecule has 1 aliphatic heterocycles. The average Bonchev–Trinajstić information content (AvgIpc) is 3.00. The van der Waals surface area contributed by atoms with Crippen LogP contribution in [0.3, 0.4) is 0 Å². The van der Waals surface area contributed by atoms with E-state index < -0.39 is 0 Å². The van der Waals surface area contributed by atoms with Crippen LogP contribution in [0.4, 0.5) is 14.9 Å². The molecule has 7 heteroatoms. The number of urea groups is 1. The number of hydrogen-bond donors (Lipinski definition) is 1. The normalized spacial score (nSPS) is 17.6. The van der Waals surface area contributed by atoms with Crippen LogP contribution >= 0.6 is 0 Å². The van der Waals surface area contributed by atoms with Crippen molar-refractivity contribution < 1.29 is 13.7 Å². The van der Waals surface area contributed by atoms with Crippen LogP contribution in [0, 0.1) is 18.7 Å². The second-order valence-corrected chi connectivity index (χ2v) is 6.48. The van der Waals surface area contributed by atoms with Gasteiger partial charge in [-0.2, -0.15) is 4.98 Å². The Kier molecular flexibility index (Phi) is 5.31. The van der Waals surface area contributed by atoms with Crippen LogP contribution in [-0.2, 0) is 12.8 Å². The maximum Gasteiger partial charge on any atom is 0.321 e. The minimum atomic E-state index is -0.288. The summed E-state index contributed by atoms with van der Waals surface area (Å²) in [6.07, 6.45) is 3.28. The lowest BCUT2D eigenvalue weighted by atomic mass is 9.95. The topological polar surface area (TPSA) is 71.3 Å². The van der Waals surface area contributed by atoms with Gasteiger partial charge in [-0.25, -0.2) is 9.18 Å². The van der Waals surface area contributed by atoms with E-state index >= 15 is 0 Å². The molecule has 1 atom stereocenters. The van der Waals surface area contributed by atoms with Gasteiger partial charge in [0.05, 0.1) is 0 Å². The van der Waals surface area contributed by atoms with Crippen molar-refractivity contribution in [2.45, 2.75) is 39.5 Å². The highest BCUT2D eigenvalue weighted by Crippen LogP contribution is 2.21. The second kappa shape index (κ2) is 7.63. The van der Waals surface area contributed by atoms with Crippen LogP contribution in [0.1, 0.15) is 37.0 Å². The number of rotatable bonds is 4. The van der Waals surface area contributed by atoms with Crippen LogP contribution in [0.15, 0.2) is 22.7 Å². The Labute approximate surface area is 146 Å². The quantitative estimate of drug-likeness (QED) is 0.919. The first kappa shape index (κ1) is 17.4. The van der Waals surface area contributed by atoms with Crippen LogP contribution in [0.2, 0.25) is 0 Å². The Bertz CT molecular complexity index is 746. The molecule has 1 saturated heterocycles. The number of carbonyl (C=O) groups is 1. The van der Waals surface area contributed by atoms with Gasteiger partial charge in [-0.3, -0.25) is 0 Å². The van der Waals surface area contributed by atoms with E-state index in [0.717, 1.165) is 12.8 Å². The molecule has 2 amide bonds. The molecule has 25 heavy (non-hydrogen) atoms. The summed E-state index contributed by atoms with van der Waals surface area (Å²) in [5.41, 5.74) is 1.13. The fourth-order valence-corrected chi connectivity index (χ4v) is 3.21. The molecule has 0 saturated carbocycles. The van der Waals surface area contributed by atoms with E-state index in [-0.39, 0.29) is 11.8 Å². The number of aromatic nitrogens is 2. The monoisotopic (exact) mass is 346 g/mol. The summed E-state index contributed by atoms with van der Waals surface area (Å²) < 4.78 is 18.9. The van der Waals surface area contributed by atoms with Crippen molar-refractivity contribution in [3.63, 3.8) is 0 Å². The first-order valence-corrected chi connectivity index (χ1v) is 8.68. The Morgan fingerprint density at radius 3 is 3.00 bits per heavy atom. The van der Waals surface area contributed by atoms with E-state index in [1.165, 1.54) is 6.07 Å². The predicted molar refractivity (Wildman–Crippen MR) is 91.8 cm³/mol. The Hall–Kier alpha value is -2.44. The lowest BCUT2D eigenvalue weighted by molar-refractivity contribution is 0.176. The van der Waals surface area contributed by atoms with Gasteiger partial charge in [0.15, 0.2) is 5.82 Å². The highest BCUT2D eigenvalue weighted by molar-refractivity contribution is 5.89. The summed E-state index contributed by atoms with van der Waals surface area (Å²) in [6.45, 7) is 4.99. The van der Waals surface area contributed by atoms with Gasteiger partial charge in [0.2, 0.25) is 5.89 Å². The van der Waals surface area contributed by atoms with Gasteiger partial charge in [0, 0.05) is 32.1 Å². The van der Waals surface area contributed by atoms with Crippen LogP contribution in [-0.4, -0.2) is 34.2 Å². The maximum atomic E-state index is 13.9. The highest BCUT2D eigenvalue weighted by atomic mass is 19.1. The van der Waals surface area contributed by atoms with E-state index in [2.05, 4.69) is 15.5 Å². The molecule has 2 aromatic rings. The first-order chi connectivity index (χ1) is 12.0. The minimum Gasteiger partial charge on any atom is -0.340 e. The number of hydrogen-bond acceptors (Lipinski definition) is 4. The standard InChI is InChI=1S/C18H23FN4O2/c1-3-14-6-7-15(10-16(14)19)21-18(24)23-8-4-5-13(11-23)9-17-20-12(2)25-22-17/h6-7,10,13H,3-5,8-9,11H2,1-2H3,(H,21,24). The maximum absolute atomic E-state index is 13.9. The molecule has 0 aliphatic carbocycles. The van der Waals surface area contributed by atoms with Crippen molar-refractivity contribution in [2.24, 2.45) is 5.92 Å². The Balaban J connectivity index is 1.59. The third-order valence-corrected chi connectivity index (χ3v) is 4.53. The fraction of sp³-hybridized carbons (Fsp3) is 0.500. The lowest BCUT2D eigenvalue weighted by Crippen LogP contribution is -2.42. The molecule has 1 aliphatic rings. The molecule has 0 bridgehead atoms. The summed E-state index contributed by atoms with van der Waals surface area (Å²) >= 11 is 0. The molecule has 0 radical (unpaired) electrons. The molecule has 1 N–H and O–H groups in total. The number of amides is 2. The number of anilines is 1. The van der Waals surface area contributed by atoms with Crippen LogP contribution in [0.5, 0.6) is 0 Å². The largest absolute Gasteiger partial charge is 0.340 e. The molecule has 2 heterocycles. The zero-order chi connectivity index (χ0) is 17.8. The first-order valence-electron chi connectivity index (χ1n) is 8.68. The highest BCUT2D eigenvalue weighted by Gasteiger charge is 2.25. The zero-order valence-electron chi connectivity index (χ0n) is 14.6. The summed E-state index contributed by atoms with van der Waals surface area (Å²) in [5.74, 6) is 1.25. The molecule has 1 aromatic carbocycles. The number of likely N-dealkylation sites (tertiary alicyclic amines) is 1. The Morgan fingerprint density at radius 1 is 1.48 bits per heavy atom. The molecule has 1 fully saturated rings. The number of carbonyl (C=O) groups excluding carboxylic acids is 1. The van der Waals surface area contributed by atoms with E-state index in [0.29, 0.717) is 54.8 Å². The minimum absolute atomic E-state index is 0.197. The molecule has 134 valence electrons. The Morgan fingerprint density at radius 2 is 2.32 bits per heavy atom. The molecule has 0 spiro atoms. The van der Waals surface area contributed by atoms with Crippen molar-refractivity contribution in [1.29, 1.82) is 0 Å². The lowest BCUT2D eigenvalue weighted by Gasteiger charge is -2.32. The van der Waals surface area contributed by atoms with Gasteiger partial charge in [-0.05, 0) is 42.9 Å². The van der Waals surface area contributed by atoms with Crippen molar-refractivity contribution in [2.75, 3.05) is 18.4 Å². The van der Waals surface area contributed by atoms with E-state index in [9.17, 15) is 9.18 Å². The van der Waals surface area contributed by atoms with Crippen molar-refractivity contribution in [1.82, 2.24) is 15.0 Å². The third-order valence-electron chi connectivity index (χ3n) is 4.53. The van der Waals surface area contributed by atoms with Crippen molar-refractivity contribution in [3.8, 4) is 0 Å². The van der Waals surface area contributed by atoms with Crippen molar-refractivity contribution >= 4 is 11.7 Å². The summed E-state index contributed by atoms with van der Waals surface area (Å²) in [4.78, 5) is 18.5.